The second-order valence-electron chi connectivity index (χ2n) is 5.04. The van der Waals surface area contributed by atoms with Crippen molar-refractivity contribution in [3.8, 4) is 0 Å². The average Bonchev–Trinajstić information content (AvgIpc) is 2.07. The summed E-state index contributed by atoms with van der Waals surface area (Å²) in [5, 5.41) is 0.145. The molecule has 0 aromatic heterocycles. The lowest BCUT2D eigenvalue weighted by Crippen LogP contribution is -2.35. The van der Waals surface area contributed by atoms with Gasteiger partial charge >= 0.3 is 0 Å². The quantitative estimate of drug-likeness (QED) is 0.728. The molecule has 1 saturated carbocycles. The first-order chi connectivity index (χ1) is 6.83. The number of hydrogen-bond donors (Lipinski definition) is 0. The fraction of sp³-hybridized carbons (Fsp3) is 0.833. The van der Waals surface area contributed by atoms with Gasteiger partial charge < -0.3 is 0 Å². The van der Waals surface area contributed by atoms with E-state index in [1.165, 1.54) is 11.8 Å². The van der Waals surface area contributed by atoms with Gasteiger partial charge in [0.1, 0.15) is 5.78 Å². The van der Waals surface area contributed by atoms with Crippen LogP contribution in [0.1, 0.15) is 47.0 Å². The number of ketones is 1. The first-order valence-electron chi connectivity index (χ1n) is 5.55. The fourth-order valence-corrected chi connectivity index (χ4v) is 3.31. The second kappa shape index (κ2) is 4.69. The highest BCUT2D eigenvalue weighted by Crippen LogP contribution is 2.41. The van der Waals surface area contributed by atoms with Gasteiger partial charge in [-0.25, -0.2) is 0 Å². The van der Waals surface area contributed by atoms with Crippen LogP contribution in [0.2, 0.25) is 0 Å². The monoisotopic (exact) mass is 228 g/mol. The molecule has 0 N–H and O–H groups in total. The van der Waals surface area contributed by atoms with Crippen LogP contribution >= 0.6 is 11.8 Å². The van der Waals surface area contributed by atoms with Crippen molar-refractivity contribution >= 4 is 22.7 Å². The van der Waals surface area contributed by atoms with Crippen LogP contribution in [0.4, 0.5) is 0 Å². The second-order valence-corrected chi connectivity index (χ2v) is 6.87. The lowest BCUT2D eigenvalue weighted by molar-refractivity contribution is -0.125. The molecule has 1 fully saturated rings. The Hall–Kier alpha value is -0.310. The molecule has 1 rings (SSSR count). The molecule has 0 bridgehead atoms. The van der Waals surface area contributed by atoms with Gasteiger partial charge in [-0.05, 0) is 32.6 Å². The van der Waals surface area contributed by atoms with E-state index in [0.717, 1.165) is 12.8 Å². The summed E-state index contributed by atoms with van der Waals surface area (Å²) in [5.41, 5.74) is 0. The lowest BCUT2D eigenvalue weighted by Gasteiger charge is -2.36. The van der Waals surface area contributed by atoms with Crippen LogP contribution in [-0.2, 0) is 9.59 Å². The van der Waals surface area contributed by atoms with Gasteiger partial charge in [0.25, 0.3) is 0 Å². The summed E-state index contributed by atoms with van der Waals surface area (Å²) in [6, 6.07) is 0. The smallest absolute Gasteiger partial charge is 0.186 e. The van der Waals surface area contributed by atoms with Gasteiger partial charge in [0.15, 0.2) is 5.12 Å². The molecule has 0 aromatic rings. The van der Waals surface area contributed by atoms with Crippen LogP contribution in [0.5, 0.6) is 0 Å². The first-order valence-corrected chi connectivity index (χ1v) is 6.37. The highest BCUT2D eigenvalue weighted by atomic mass is 32.2. The largest absolute Gasteiger partial charge is 0.299 e. The van der Waals surface area contributed by atoms with E-state index in [-0.39, 0.29) is 15.8 Å². The predicted molar refractivity (Wildman–Crippen MR) is 63.9 cm³/mol. The molecule has 0 unspecified atom stereocenters. The van der Waals surface area contributed by atoms with Gasteiger partial charge in [-0.15, -0.1) is 0 Å². The molecule has 1 aliphatic rings. The number of rotatable bonds is 2. The molecule has 3 heteroatoms. The first kappa shape index (κ1) is 12.8. The number of thioether (sulfide) groups is 1. The maximum absolute atomic E-state index is 11.6. The van der Waals surface area contributed by atoms with Crippen molar-refractivity contribution in [1.82, 2.24) is 0 Å². The average molecular weight is 228 g/mol. The zero-order valence-corrected chi connectivity index (χ0v) is 10.8. The summed E-state index contributed by atoms with van der Waals surface area (Å²) in [7, 11) is 0. The van der Waals surface area contributed by atoms with Crippen molar-refractivity contribution in [2.45, 2.75) is 51.7 Å². The minimum absolute atomic E-state index is 0.0956. The molecule has 2 atom stereocenters. The topological polar surface area (TPSA) is 34.1 Å². The molecule has 0 aliphatic heterocycles. The van der Waals surface area contributed by atoms with E-state index < -0.39 is 0 Å². The molecule has 0 spiro atoms. The van der Waals surface area contributed by atoms with Gasteiger partial charge in [-0.2, -0.15) is 0 Å². The van der Waals surface area contributed by atoms with Crippen molar-refractivity contribution in [2.75, 3.05) is 0 Å². The van der Waals surface area contributed by atoms with Crippen LogP contribution in [0.25, 0.3) is 0 Å². The number of hydrogen-bond acceptors (Lipinski definition) is 3. The SMILES string of the molecule is CC(=O)SC(C)(C)[C@@H]1CC[C@H](C)C(=O)C1. The van der Waals surface area contributed by atoms with E-state index in [4.69, 9.17) is 0 Å². The molecular formula is C12H20O2S. The molecule has 15 heavy (non-hydrogen) atoms. The van der Waals surface area contributed by atoms with E-state index in [9.17, 15) is 9.59 Å². The molecule has 0 amide bonds. The van der Waals surface area contributed by atoms with Gasteiger partial charge in [-0.1, -0.05) is 18.7 Å². The summed E-state index contributed by atoms with van der Waals surface area (Å²) in [5.74, 6) is 0.943. The highest BCUT2D eigenvalue weighted by Gasteiger charge is 2.37. The Morgan fingerprint density at radius 3 is 2.47 bits per heavy atom. The third-order valence-corrected chi connectivity index (χ3v) is 4.48. The number of carbonyl (C=O) groups excluding carboxylic acids is 2. The van der Waals surface area contributed by atoms with Gasteiger partial charge in [0.2, 0.25) is 0 Å². The van der Waals surface area contributed by atoms with Crippen molar-refractivity contribution in [1.29, 1.82) is 0 Å². The normalized spacial score (nSPS) is 27.9. The minimum atomic E-state index is -0.0956. The standard InChI is InChI=1S/C12H20O2S/c1-8-5-6-10(7-11(8)14)12(3,4)15-9(2)13/h8,10H,5-7H2,1-4H3/t8-,10+/m0/s1. The van der Waals surface area contributed by atoms with E-state index in [2.05, 4.69) is 13.8 Å². The van der Waals surface area contributed by atoms with E-state index >= 15 is 0 Å². The minimum Gasteiger partial charge on any atom is -0.299 e. The zero-order chi connectivity index (χ0) is 11.6. The maximum Gasteiger partial charge on any atom is 0.186 e. The van der Waals surface area contributed by atoms with Crippen molar-refractivity contribution < 1.29 is 9.59 Å². The van der Waals surface area contributed by atoms with E-state index in [1.807, 2.05) is 6.92 Å². The molecule has 2 nitrogen and oxygen atoms in total. The molecule has 0 aromatic carbocycles. The molecule has 0 radical (unpaired) electrons. The van der Waals surface area contributed by atoms with Crippen LogP contribution in [-0.4, -0.2) is 15.6 Å². The van der Waals surface area contributed by atoms with Crippen LogP contribution in [0.3, 0.4) is 0 Å². The van der Waals surface area contributed by atoms with Gasteiger partial charge in [0.05, 0.1) is 0 Å². The molecular weight excluding hydrogens is 208 g/mol. The van der Waals surface area contributed by atoms with Gasteiger partial charge in [0, 0.05) is 24.0 Å². The number of Topliss-reactive ketones (excluding diaryl/α,β-unsaturated/α-hetero) is 1. The Morgan fingerprint density at radius 2 is 2.00 bits per heavy atom. The van der Waals surface area contributed by atoms with Crippen molar-refractivity contribution in [3.05, 3.63) is 0 Å². The summed E-state index contributed by atoms with van der Waals surface area (Å²) in [4.78, 5) is 22.8. The summed E-state index contributed by atoms with van der Waals surface area (Å²) in [6.07, 6.45) is 2.69. The Kier molecular flexibility index (Phi) is 3.99. The van der Waals surface area contributed by atoms with Crippen LogP contribution < -0.4 is 0 Å². The maximum atomic E-state index is 11.6. The van der Waals surface area contributed by atoms with Crippen LogP contribution in [0, 0.1) is 11.8 Å². The Labute approximate surface area is 96.2 Å². The Balaban J connectivity index is 2.64. The van der Waals surface area contributed by atoms with Crippen LogP contribution in [0.15, 0.2) is 0 Å². The highest BCUT2D eigenvalue weighted by molar-refractivity contribution is 8.14. The molecule has 0 saturated heterocycles. The lowest BCUT2D eigenvalue weighted by atomic mass is 9.76. The molecule has 0 heterocycles. The summed E-state index contributed by atoms with van der Waals surface area (Å²) in [6.45, 7) is 7.75. The summed E-state index contributed by atoms with van der Waals surface area (Å²) >= 11 is 1.38. The van der Waals surface area contributed by atoms with Crippen molar-refractivity contribution in [3.63, 3.8) is 0 Å². The zero-order valence-electron chi connectivity index (χ0n) is 10.0. The Morgan fingerprint density at radius 1 is 1.40 bits per heavy atom. The predicted octanol–water partition coefficient (Wildman–Crippen LogP) is 3.05. The summed E-state index contributed by atoms with van der Waals surface area (Å²) < 4.78 is -0.0956. The van der Waals surface area contributed by atoms with E-state index in [0.29, 0.717) is 18.1 Å². The third-order valence-electron chi connectivity index (χ3n) is 3.34. The number of carbonyl (C=O) groups is 2. The van der Waals surface area contributed by atoms with Gasteiger partial charge in [-0.3, -0.25) is 9.59 Å². The van der Waals surface area contributed by atoms with E-state index in [1.54, 1.807) is 6.92 Å². The third kappa shape index (κ3) is 3.33. The molecule has 1 aliphatic carbocycles. The fourth-order valence-electron chi connectivity index (χ4n) is 2.21. The Bertz CT molecular complexity index is 271. The van der Waals surface area contributed by atoms with Crippen molar-refractivity contribution in [2.24, 2.45) is 11.8 Å². The molecule has 86 valence electrons.